The molecule has 2 heterocycles. The van der Waals surface area contributed by atoms with Crippen LogP contribution >= 0.6 is 11.6 Å². The Morgan fingerprint density at radius 1 is 1.13 bits per heavy atom. The van der Waals surface area contributed by atoms with E-state index in [9.17, 15) is 9.90 Å². The molecule has 2 aromatic rings. The Balaban J connectivity index is 1.60. The third-order valence-corrected chi connectivity index (χ3v) is 6.19. The van der Waals surface area contributed by atoms with E-state index in [0.717, 1.165) is 11.1 Å². The number of nitrogens with one attached hydrogen (secondary N) is 3. The molecule has 0 amide bonds. The predicted octanol–water partition coefficient (Wildman–Crippen LogP) is 3.27. The van der Waals surface area contributed by atoms with Crippen LogP contribution in [-0.4, -0.2) is 31.0 Å². The van der Waals surface area contributed by atoms with E-state index in [2.05, 4.69) is 16.2 Å². The third-order valence-electron chi connectivity index (χ3n) is 5.94. The number of fused-ring (bicyclic) bond motifs is 1. The maximum atomic E-state index is 12.2. The Morgan fingerprint density at radius 2 is 1.87 bits per heavy atom. The van der Waals surface area contributed by atoms with Crippen LogP contribution in [0.5, 0.6) is 11.5 Å². The standard InChI is InChI=1S/C22H26ClN3O4/c1-3-30-17-9-6-13(10-18(17)29-2)16-11-15(22(27)28)19-20(25-26-21(19)24-16)12-4-7-14(23)8-5-12/h4-10,15-16,19-21,24-26H,3,11H2,1-2H3,(H,27,28). The van der Waals surface area contributed by atoms with Gasteiger partial charge in [0.05, 0.1) is 31.8 Å². The van der Waals surface area contributed by atoms with Gasteiger partial charge in [0.25, 0.3) is 0 Å². The number of benzene rings is 2. The Morgan fingerprint density at radius 3 is 2.53 bits per heavy atom. The van der Waals surface area contributed by atoms with Crippen LogP contribution in [0.1, 0.15) is 36.6 Å². The van der Waals surface area contributed by atoms with Crippen molar-refractivity contribution in [3.63, 3.8) is 0 Å². The highest BCUT2D eigenvalue weighted by atomic mass is 35.5. The fourth-order valence-corrected chi connectivity index (χ4v) is 4.65. The van der Waals surface area contributed by atoms with E-state index < -0.39 is 11.9 Å². The van der Waals surface area contributed by atoms with Crippen LogP contribution in [0.2, 0.25) is 5.02 Å². The van der Waals surface area contributed by atoms with Crippen molar-refractivity contribution in [1.29, 1.82) is 0 Å². The van der Waals surface area contributed by atoms with E-state index >= 15 is 0 Å². The van der Waals surface area contributed by atoms with Gasteiger partial charge in [0.2, 0.25) is 0 Å². The van der Waals surface area contributed by atoms with Crippen molar-refractivity contribution >= 4 is 17.6 Å². The Kier molecular flexibility index (Phi) is 6.15. The van der Waals surface area contributed by atoms with Gasteiger partial charge in [-0.1, -0.05) is 29.8 Å². The first-order valence-electron chi connectivity index (χ1n) is 10.1. The average molecular weight is 432 g/mol. The van der Waals surface area contributed by atoms with E-state index in [1.807, 2.05) is 49.4 Å². The number of hydrogen-bond acceptors (Lipinski definition) is 6. The van der Waals surface area contributed by atoms with Gasteiger partial charge in [-0.05, 0) is 48.7 Å². The lowest BCUT2D eigenvalue weighted by atomic mass is 9.75. The molecule has 0 aliphatic carbocycles. The van der Waals surface area contributed by atoms with Crippen molar-refractivity contribution < 1.29 is 19.4 Å². The molecule has 160 valence electrons. The number of hydrogen-bond donors (Lipinski definition) is 4. The molecule has 4 N–H and O–H groups in total. The van der Waals surface area contributed by atoms with Crippen molar-refractivity contribution in [2.45, 2.75) is 31.6 Å². The first-order valence-corrected chi connectivity index (χ1v) is 10.5. The fraction of sp³-hybridized carbons (Fsp3) is 0.409. The van der Waals surface area contributed by atoms with Crippen molar-refractivity contribution in [3.05, 3.63) is 58.6 Å². The molecule has 2 fully saturated rings. The van der Waals surface area contributed by atoms with Gasteiger partial charge in [-0.25, -0.2) is 10.9 Å². The highest BCUT2D eigenvalue weighted by molar-refractivity contribution is 6.30. The molecular weight excluding hydrogens is 406 g/mol. The molecule has 0 saturated carbocycles. The molecule has 2 aliphatic rings. The first kappa shape index (κ1) is 20.9. The second kappa shape index (κ2) is 8.81. The number of carboxylic acids is 1. The van der Waals surface area contributed by atoms with Crippen LogP contribution in [0.15, 0.2) is 42.5 Å². The molecule has 2 aromatic carbocycles. The van der Waals surface area contributed by atoms with Crippen LogP contribution in [-0.2, 0) is 4.79 Å². The number of halogens is 1. The van der Waals surface area contributed by atoms with E-state index in [1.165, 1.54) is 0 Å². The molecule has 4 rings (SSSR count). The number of carboxylic acid groups (broad SMARTS) is 1. The molecule has 0 aromatic heterocycles. The molecule has 5 unspecified atom stereocenters. The van der Waals surface area contributed by atoms with Crippen molar-refractivity contribution in [3.8, 4) is 11.5 Å². The summed E-state index contributed by atoms with van der Waals surface area (Å²) in [6.07, 6.45) is 0.282. The largest absolute Gasteiger partial charge is 0.493 e. The van der Waals surface area contributed by atoms with Gasteiger partial charge in [0.15, 0.2) is 11.5 Å². The van der Waals surface area contributed by atoms with Crippen molar-refractivity contribution in [1.82, 2.24) is 16.2 Å². The number of carbonyl (C=O) groups is 1. The van der Waals surface area contributed by atoms with Gasteiger partial charge >= 0.3 is 5.97 Å². The minimum absolute atomic E-state index is 0.128. The van der Waals surface area contributed by atoms with Gasteiger partial charge in [-0.3, -0.25) is 10.1 Å². The quantitative estimate of drug-likeness (QED) is 0.558. The second-order valence-corrected chi connectivity index (χ2v) is 8.05. The summed E-state index contributed by atoms with van der Waals surface area (Å²) in [5.74, 6) is -0.150. The molecule has 0 spiro atoms. The van der Waals surface area contributed by atoms with Crippen molar-refractivity contribution in [2.24, 2.45) is 11.8 Å². The molecule has 2 saturated heterocycles. The summed E-state index contributed by atoms with van der Waals surface area (Å²) >= 11 is 6.02. The highest BCUT2D eigenvalue weighted by Gasteiger charge is 2.49. The van der Waals surface area contributed by atoms with E-state index in [4.69, 9.17) is 21.1 Å². The lowest BCUT2D eigenvalue weighted by Crippen LogP contribution is -2.53. The predicted molar refractivity (Wildman–Crippen MR) is 114 cm³/mol. The van der Waals surface area contributed by atoms with E-state index in [0.29, 0.717) is 29.5 Å². The van der Waals surface area contributed by atoms with Crippen LogP contribution in [0.4, 0.5) is 0 Å². The summed E-state index contributed by atoms with van der Waals surface area (Å²) in [6, 6.07) is 13.0. The van der Waals surface area contributed by atoms with E-state index in [1.54, 1.807) is 7.11 Å². The van der Waals surface area contributed by atoms with Crippen LogP contribution in [0.3, 0.4) is 0 Å². The zero-order valence-electron chi connectivity index (χ0n) is 16.9. The Labute approximate surface area is 180 Å². The van der Waals surface area contributed by atoms with Gasteiger partial charge in [0.1, 0.15) is 0 Å². The number of hydrazine groups is 1. The number of aliphatic carboxylic acids is 1. The van der Waals surface area contributed by atoms with Crippen LogP contribution in [0.25, 0.3) is 0 Å². The van der Waals surface area contributed by atoms with Gasteiger partial charge in [-0.15, -0.1) is 0 Å². The summed E-state index contributed by atoms with van der Waals surface area (Å²) in [4.78, 5) is 12.2. The Hall–Kier alpha value is -2.32. The summed E-state index contributed by atoms with van der Waals surface area (Å²) < 4.78 is 11.1. The summed E-state index contributed by atoms with van der Waals surface area (Å²) in [5, 5.41) is 14.3. The first-order chi connectivity index (χ1) is 14.5. The van der Waals surface area contributed by atoms with Gasteiger partial charge in [0, 0.05) is 17.0 Å². The smallest absolute Gasteiger partial charge is 0.307 e. The topological polar surface area (TPSA) is 91.9 Å². The fourth-order valence-electron chi connectivity index (χ4n) is 4.53. The molecule has 30 heavy (non-hydrogen) atoms. The Bertz CT molecular complexity index is 908. The lowest BCUT2D eigenvalue weighted by Gasteiger charge is -2.39. The minimum Gasteiger partial charge on any atom is -0.493 e. The second-order valence-electron chi connectivity index (χ2n) is 7.62. The zero-order valence-corrected chi connectivity index (χ0v) is 17.6. The molecule has 8 heteroatoms. The number of piperidine rings is 1. The van der Waals surface area contributed by atoms with E-state index in [-0.39, 0.29) is 24.2 Å². The van der Waals surface area contributed by atoms with Gasteiger partial charge < -0.3 is 14.6 Å². The molecule has 7 nitrogen and oxygen atoms in total. The molecule has 5 atom stereocenters. The lowest BCUT2D eigenvalue weighted by molar-refractivity contribution is -0.146. The summed E-state index contributed by atoms with van der Waals surface area (Å²) in [7, 11) is 1.60. The normalized spacial score (nSPS) is 28.0. The molecule has 2 aliphatic heterocycles. The molecule has 0 bridgehead atoms. The minimum atomic E-state index is -0.793. The average Bonchev–Trinajstić information content (AvgIpc) is 3.18. The zero-order chi connectivity index (χ0) is 21.3. The number of methoxy groups -OCH3 is 1. The molecule has 0 radical (unpaired) electrons. The molecular formula is C22H26ClN3O4. The maximum Gasteiger partial charge on any atom is 0.307 e. The van der Waals surface area contributed by atoms with Crippen molar-refractivity contribution in [2.75, 3.05) is 13.7 Å². The highest BCUT2D eigenvalue weighted by Crippen LogP contribution is 2.43. The monoisotopic (exact) mass is 431 g/mol. The van der Waals surface area contributed by atoms with Gasteiger partial charge in [-0.2, -0.15) is 0 Å². The SMILES string of the molecule is CCOc1ccc(C2CC(C(=O)O)C3C(NNC3c3ccc(Cl)cc3)N2)cc1OC. The number of ether oxygens (including phenoxy) is 2. The maximum absolute atomic E-state index is 12.2. The van der Waals surface area contributed by atoms with Crippen LogP contribution < -0.4 is 25.6 Å². The third kappa shape index (κ3) is 3.98. The summed E-state index contributed by atoms with van der Waals surface area (Å²) in [5.41, 5.74) is 8.51. The summed E-state index contributed by atoms with van der Waals surface area (Å²) in [6.45, 7) is 2.47. The van der Waals surface area contributed by atoms with Crippen LogP contribution in [0, 0.1) is 11.8 Å². The number of rotatable bonds is 6.